The third kappa shape index (κ3) is 3.87. The highest BCUT2D eigenvalue weighted by atomic mass is 16.5. The Balaban J connectivity index is 2.05. The average molecular weight is 402 g/mol. The van der Waals surface area contributed by atoms with E-state index >= 15 is 0 Å². The van der Waals surface area contributed by atoms with Gasteiger partial charge in [-0.1, -0.05) is 0 Å². The summed E-state index contributed by atoms with van der Waals surface area (Å²) in [7, 11) is 7.92. The second-order valence-corrected chi connectivity index (χ2v) is 6.65. The highest BCUT2D eigenvalue weighted by molar-refractivity contribution is 5.55. The molecular weight excluding hydrogens is 376 g/mol. The van der Waals surface area contributed by atoms with E-state index < -0.39 is 0 Å². The summed E-state index contributed by atoms with van der Waals surface area (Å²) in [4.78, 5) is 11.5. The lowest BCUT2D eigenvalue weighted by molar-refractivity contribution is 0.187. The molecule has 1 atom stereocenters. The van der Waals surface area contributed by atoms with Crippen LogP contribution in [0.25, 0.3) is 0 Å². The van der Waals surface area contributed by atoms with Crippen LogP contribution in [-0.2, 0) is 12.8 Å². The first-order valence-electron chi connectivity index (χ1n) is 9.23. The van der Waals surface area contributed by atoms with Gasteiger partial charge in [0.1, 0.15) is 0 Å². The maximum absolute atomic E-state index is 11.5. The molecule has 0 aromatic heterocycles. The summed E-state index contributed by atoms with van der Waals surface area (Å²) in [6.07, 6.45) is 1.23. The first-order chi connectivity index (χ1) is 14.1. The Morgan fingerprint density at radius 2 is 1.45 bits per heavy atom. The summed E-state index contributed by atoms with van der Waals surface area (Å²) >= 11 is 0. The lowest BCUT2D eigenvalue weighted by atomic mass is 9.89. The quantitative estimate of drug-likeness (QED) is 0.625. The molecule has 0 amide bonds. The molecule has 29 heavy (non-hydrogen) atoms. The summed E-state index contributed by atoms with van der Waals surface area (Å²) < 4.78 is 27.2. The Hall–Kier alpha value is -3.16. The minimum absolute atomic E-state index is 0.251. The van der Waals surface area contributed by atoms with Crippen LogP contribution in [-0.4, -0.2) is 47.1 Å². The third-order valence-corrected chi connectivity index (χ3v) is 5.23. The van der Waals surface area contributed by atoms with Crippen molar-refractivity contribution in [3.8, 4) is 28.7 Å². The number of hydrogen-bond donors (Lipinski definition) is 0. The number of hydrogen-bond acceptors (Lipinski definition) is 7. The van der Waals surface area contributed by atoms with Gasteiger partial charge in [0, 0.05) is 6.54 Å². The van der Waals surface area contributed by atoms with Gasteiger partial charge in [-0.25, -0.2) is 0 Å². The Morgan fingerprint density at radius 3 is 1.97 bits per heavy atom. The van der Waals surface area contributed by atoms with Gasteiger partial charge in [0.2, 0.25) is 5.75 Å². The molecule has 8 nitrogen and oxygen atoms in total. The van der Waals surface area contributed by atoms with Crippen LogP contribution in [0.4, 0.5) is 0 Å². The summed E-state index contributed by atoms with van der Waals surface area (Å²) in [6, 6.07) is 7.42. The molecule has 0 saturated heterocycles. The molecule has 2 aromatic carbocycles. The molecule has 0 aliphatic carbocycles. The molecule has 1 aliphatic rings. The van der Waals surface area contributed by atoms with E-state index in [2.05, 4.69) is 5.29 Å². The van der Waals surface area contributed by atoms with Crippen molar-refractivity contribution in [1.82, 2.24) is 5.01 Å². The normalized spacial score (nSPS) is 15.3. The standard InChI is InChI=1S/C21H26N2O6/c1-25-17-11-14-6-7-23(22-24)16(15(14)12-18(17)26-2)8-13-9-19(27-3)21(29-5)20(10-13)28-4/h9-12,16H,6-8H2,1-5H3. The van der Waals surface area contributed by atoms with Crippen molar-refractivity contribution in [3.63, 3.8) is 0 Å². The molecule has 2 aromatic rings. The molecule has 1 unspecified atom stereocenters. The van der Waals surface area contributed by atoms with Gasteiger partial charge in [-0.3, -0.25) is 5.01 Å². The van der Waals surface area contributed by atoms with Gasteiger partial charge in [0.15, 0.2) is 23.0 Å². The Labute approximate surface area is 170 Å². The summed E-state index contributed by atoms with van der Waals surface area (Å²) in [5.74, 6) is 2.95. The zero-order valence-electron chi connectivity index (χ0n) is 17.4. The van der Waals surface area contributed by atoms with Crippen molar-refractivity contribution in [3.05, 3.63) is 45.9 Å². The Kier molecular flexibility index (Phi) is 6.31. The second kappa shape index (κ2) is 8.89. The maximum atomic E-state index is 11.5. The SMILES string of the molecule is COc1cc2c(cc1OC)C(Cc1cc(OC)c(OC)c(OC)c1)N(N=O)CC2. The van der Waals surface area contributed by atoms with Crippen molar-refractivity contribution in [1.29, 1.82) is 0 Å². The first kappa shape index (κ1) is 20.6. The van der Waals surface area contributed by atoms with Crippen LogP contribution in [0.5, 0.6) is 28.7 Å². The highest BCUT2D eigenvalue weighted by Gasteiger charge is 2.30. The minimum atomic E-state index is -0.251. The number of fused-ring (bicyclic) bond motifs is 1. The zero-order valence-corrected chi connectivity index (χ0v) is 17.4. The molecule has 3 rings (SSSR count). The average Bonchev–Trinajstić information content (AvgIpc) is 2.77. The smallest absolute Gasteiger partial charge is 0.203 e. The van der Waals surface area contributed by atoms with E-state index in [0.717, 1.165) is 16.7 Å². The highest BCUT2D eigenvalue weighted by Crippen LogP contribution is 2.42. The number of nitroso groups, excluding NO2 is 1. The van der Waals surface area contributed by atoms with Crippen molar-refractivity contribution >= 4 is 0 Å². The fourth-order valence-electron chi connectivity index (χ4n) is 3.80. The summed E-state index contributed by atoms with van der Waals surface area (Å²) in [6.45, 7) is 0.529. The molecule has 0 fully saturated rings. The zero-order chi connectivity index (χ0) is 21.0. The summed E-state index contributed by atoms with van der Waals surface area (Å²) in [5, 5.41) is 4.83. The van der Waals surface area contributed by atoms with Crippen LogP contribution >= 0.6 is 0 Å². The fraction of sp³-hybridized carbons (Fsp3) is 0.429. The number of benzene rings is 2. The lowest BCUT2D eigenvalue weighted by Gasteiger charge is -2.34. The van der Waals surface area contributed by atoms with Gasteiger partial charge in [0.05, 0.1) is 46.9 Å². The van der Waals surface area contributed by atoms with Crippen molar-refractivity contribution in [2.24, 2.45) is 5.29 Å². The Morgan fingerprint density at radius 1 is 0.862 bits per heavy atom. The number of ether oxygens (including phenoxy) is 5. The van der Waals surface area contributed by atoms with Crippen LogP contribution in [0.15, 0.2) is 29.6 Å². The van der Waals surface area contributed by atoms with Crippen LogP contribution in [0.1, 0.15) is 22.7 Å². The second-order valence-electron chi connectivity index (χ2n) is 6.65. The van der Waals surface area contributed by atoms with E-state index in [1.807, 2.05) is 24.3 Å². The molecule has 1 aliphatic heterocycles. The largest absolute Gasteiger partial charge is 0.493 e. The van der Waals surface area contributed by atoms with Gasteiger partial charge >= 0.3 is 0 Å². The van der Waals surface area contributed by atoms with Gasteiger partial charge < -0.3 is 23.7 Å². The van der Waals surface area contributed by atoms with Gasteiger partial charge in [-0.2, -0.15) is 0 Å². The number of nitrogens with zero attached hydrogens (tertiary/aromatic N) is 2. The molecule has 8 heteroatoms. The third-order valence-electron chi connectivity index (χ3n) is 5.23. The van der Waals surface area contributed by atoms with E-state index in [-0.39, 0.29) is 6.04 Å². The van der Waals surface area contributed by atoms with Crippen molar-refractivity contribution < 1.29 is 23.7 Å². The summed E-state index contributed by atoms with van der Waals surface area (Å²) in [5.41, 5.74) is 3.03. The van der Waals surface area contributed by atoms with Crippen molar-refractivity contribution in [2.75, 3.05) is 42.1 Å². The van der Waals surface area contributed by atoms with Gasteiger partial charge in [-0.15, -0.1) is 4.91 Å². The molecule has 0 bridgehead atoms. The predicted molar refractivity (Wildman–Crippen MR) is 108 cm³/mol. The van der Waals surface area contributed by atoms with E-state index in [9.17, 15) is 4.91 Å². The first-order valence-corrected chi connectivity index (χ1v) is 9.23. The monoisotopic (exact) mass is 402 g/mol. The molecular formula is C21H26N2O6. The van der Waals surface area contributed by atoms with Crippen molar-refractivity contribution in [2.45, 2.75) is 18.9 Å². The number of methoxy groups -OCH3 is 5. The molecule has 0 saturated carbocycles. The van der Waals surface area contributed by atoms with E-state index in [1.54, 1.807) is 40.6 Å². The molecule has 156 valence electrons. The fourth-order valence-corrected chi connectivity index (χ4v) is 3.80. The number of rotatable bonds is 8. The molecule has 0 spiro atoms. The van der Waals surface area contributed by atoms with Crippen LogP contribution in [0, 0.1) is 4.91 Å². The van der Waals surface area contributed by atoms with Gasteiger partial charge in [-0.05, 0) is 53.8 Å². The topological polar surface area (TPSA) is 78.8 Å². The predicted octanol–water partition coefficient (Wildman–Crippen LogP) is 3.55. The van der Waals surface area contributed by atoms with Crippen LogP contribution in [0.3, 0.4) is 0 Å². The van der Waals surface area contributed by atoms with E-state index in [0.29, 0.717) is 48.1 Å². The minimum Gasteiger partial charge on any atom is -0.493 e. The Bertz CT molecular complexity index is 861. The molecule has 0 radical (unpaired) electrons. The molecule has 0 N–H and O–H groups in total. The van der Waals surface area contributed by atoms with E-state index in [4.69, 9.17) is 23.7 Å². The van der Waals surface area contributed by atoms with Crippen LogP contribution in [0.2, 0.25) is 0 Å². The van der Waals surface area contributed by atoms with E-state index in [1.165, 1.54) is 0 Å². The van der Waals surface area contributed by atoms with Crippen LogP contribution < -0.4 is 23.7 Å². The lowest BCUT2D eigenvalue weighted by Crippen LogP contribution is -2.32. The molecule has 1 heterocycles. The maximum Gasteiger partial charge on any atom is 0.203 e. The van der Waals surface area contributed by atoms with Gasteiger partial charge in [0.25, 0.3) is 0 Å².